The highest BCUT2D eigenvalue weighted by Crippen LogP contribution is 2.37. The molecule has 11 heteroatoms. The number of hydrogen-bond donors (Lipinski definition) is 1. The molecule has 1 unspecified atom stereocenters. The number of thioether (sulfide) groups is 1. The lowest BCUT2D eigenvalue weighted by Gasteiger charge is -2.32. The Morgan fingerprint density at radius 3 is 2.34 bits per heavy atom. The van der Waals surface area contributed by atoms with Gasteiger partial charge >= 0.3 is 0 Å². The summed E-state index contributed by atoms with van der Waals surface area (Å²) in [6, 6.07) is 19.1. The van der Waals surface area contributed by atoms with Crippen LogP contribution in [-0.4, -0.2) is 53.4 Å². The third-order valence-corrected chi connectivity index (χ3v) is 7.85. The Morgan fingerprint density at radius 2 is 1.64 bits per heavy atom. The number of nitrogens with zero attached hydrogens (tertiary/aromatic N) is 3. The topological polar surface area (TPSA) is 112 Å². The van der Waals surface area contributed by atoms with Crippen LogP contribution in [0.4, 0.5) is 5.69 Å². The zero-order valence-electron chi connectivity index (χ0n) is 25.2. The lowest BCUT2D eigenvalue weighted by atomic mass is 10.0. The molecule has 1 aliphatic rings. The van der Waals surface area contributed by atoms with E-state index in [2.05, 4.69) is 15.3 Å². The third-order valence-electron chi connectivity index (χ3n) is 7.02. The van der Waals surface area contributed by atoms with Gasteiger partial charge in [-0.05, 0) is 62.2 Å². The summed E-state index contributed by atoms with van der Waals surface area (Å²) in [5.74, 6) is 1.40. The maximum absolute atomic E-state index is 14.3. The fourth-order valence-corrected chi connectivity index (χ4v) is 5.68. The number of benzene rings is 3. The van der Waals surface area contributed by atoms with Crippen molar-refractivity contribution in [1.29, 1.82) is 0 Å². The van der Waals surface area contributed by atoms with Crippen LogP contribution >= 0.6 is 11.8 Å². The van der Waals surface area contributed by atoms with Gasteiger partial charge in [-0.1, -0.05) is 47.7 Å². The first kappa shape index (κ1) is 30.7. The van der Waals surface area contributed by atoms with E-state index in [9.17, 15) is 9.59 Å². The normalized spacial score (nSPS) is 12.4. The Labute approximate surface area is 260 Å². The van der Waals surface area contributed by atoms with Gasteiger partial charge in [0.15, 0.2) is 16.7 Å². The van der Waals surface area contributed by atoms with Gasteiger partial charge in [0, 0.05) is 24.0 Å². The number of amides is 2. The van der Waals surface area contributed by atoms with Crippen molar-refractivity contribution in [2.75, 3.05) is 32.1 Å². The van der Waals surface area contributed by atoms with Crippen LogP contribution in [0.1, 0.15) is 34.1 Å². The zero-order valence-corrected chi connectivity index (χ0v) is 26.1. The predicted molar refractivity (Wildman–Crippen MR) is 167 cm³/mol. The van der Waals surface area contributed by atoms with Crippen molar-refractivity contribution in [2.24, 2.45) is 0 Å². The number of carbonyl (C=O) groups is 2. The van der Waals surface area contributed by atoms with Gasteiger partial charge in [-0.2, -0.15) is 0 Å². The van der Waals surface area contributed by atoms with Crippen molar-refractivity contribution in [3.63, 3.8) is 0 Å². The van der Waals surface area contributed by atoms with Gasteiger partial charge < -0.3 is 29.2 Å². The predicted octanol–water partition coefficient (Wildman–Crippen LogP) is 5.65. The van der Waals surface area contributed by atoms with E-state index in [0.29, 0.717) is 39.4 Å². The number of hydrogen-bond acceptors (Lipinski definition) is 9. The Kier molecular flexibility index (Phi) is 9.54. The van der Waals surface area contributed by atoms with Gasteiger partial charge in [0.25, 0.3) is 5.91 Å². The summed E-state index contributed by atoms with van der Waals surface area (Å²) in [5.41, 5.74) is 4.59. The molecule has 10 nitrogen and oxygen atoms in total. The second kappa shape index (κ2) is 13.7. The number of ether oxygens (including phenoxy) is 4. The van der Waals surface area contributed by atoms with Crippen LogP contribution in [0.2, 0.25) is 0 Å². The van der Waals surface area contributed by atoms with Crippen LogP contribution in [0.25, 0.3) is 0 Å². The Morgan fingerprint density at radius 1 is 0.909 bits per heavy atom. The summed E-state index contributed by atoms with van der Waals surface area (Å²) < 4.78 is 22.0. The molecule has 3 aromatic carbocycles. The molecule has 0 fully saturated rings. The summed E-state index contributed by atoms with van der Waals surface area (Å²) in [5, 5.41) is 3.48. The first-order valence-electron chi connectivity index (χ1n) is 14.0. The Bertz CT molecular complexity index is 1640. The molecular formula is C33H34N4O6S. The van der Waals surface area contributed by atoms with Crippen molar-refractivity contribution in [3.8, 4) is 23.0 Å². The molecule has 1 N–H and O–H groups in total. The minimum absolute atomic E-state index is 0.0228. The minimum atomic E-state index is -1.04. The van der Waals surface area contributed by atoms with E-state index in [1.165, 1.54) is 18.9 Å². The lowest BCUT2D eigenvalue weighted by Crippen LogP contribution is -2.42. The highest BCUT2D eigenvalue weighted by atomic mass is 32.2. The molecule has 0 saturated carbocycles. The van der Waals surface area contributed by atoms with Crippen molar-refractivity contribution >= 4 is 29.3 Å². The molecule has 1 aromatic heterocycles. The smallest absolute Gasteiger partial charge is 0.251 e. The first-order chi connectivity index (χ1) is 21.2. The highest BCUT2D eigenvalue weighted by Gasteiger charge is 2.33. The van der Waals surface area contributed by atoms with Crippen molar-refractivity contribution in [1.82, 2.24) is 14.9 Å². The van der Waals surface area contributed by atoms with Crippen molar-refractivity contribution in [3.05, 3.63) is 94.8 Å². The van der Waals surface area contributed by atoms with Crippen LogP contribution in [0.5, 0.6) is 23.0 Å². The molecule has 2 heterocycles. The summed E-state index contributed by atoms with van der Waals surface area (Å²) in [6.07, 6.45) is 0. The maximum atomic E-state index is 14.3. The monoisotopic (exact) mass is 614 g/mol. The lowest BCUT2D eigenvalue weighted by molar-refractivity contribution is -0.137. The fraction of sp³-hybridized carbons (Fsp3) is 0.273. The Hall–Kier alpha value is -4.77. The van der Waals surface area contributed by atoms with Gasteiger partial charge in [-0.3, -0.25) is 9.59 Å². The fourth-order valence-electron chi connectivity index (χ4n) is 4.84. The number of rotatable bonds is 11. The highest BCUT2D eigenvalue weighted by molar-refractivity contribution is 7.99. The summed E-state index contributed by atoms with van der Waals surface area (Å²) >= 11 is 1.23. The summed E-state index contributed by atoms with van der Waals surface area (Å²) in [4.78, 5) is 39.0. The zero-order chi connectivity index (χ0) is 31.2. The second-order valence-corrected chi connectivity index (χ2v) is 11.2. The van der Waals surface area contributed by atoms with Gasteiger partial charge in [0.05, 0.1) is 25.7 Å². The molecule has 1 aliphatic heterocycles. The summed E-state index contributed by atoms with van der Waals surface area (Å²) in [6.45, 7) is 6.03. The molecule has 0 spiro atoms. The molecule has 0 radical (unpaired) electrons. The second-order valence-electron chi connectivity index (χ2n) is 10.3. The average Bonchev–Trinajstić information content (AvgIpc) is 3.48. The van der Waals surface area contributed by atoms with Gasteiger partial charge in [-0.25, -0.2) is 9.97 Å². The average molecular weight is 615 g/mol. The molecule has 1 atom stereocenters. The molecule has 4 aromatic rings. The molecule has 0 saturated heterocycles. The third kappa shape index (κ3) is 7.23. The van der Waals surface area contributed by atoms with Gasteiger partial charge in [-0.15, -0.1) is 0 Å². The molecule has 0 aliphatic carbocycles. The molecular weight excluding hydrogens is 580 g/mol. The van der Waals surface area contributed by atoms with Gasteiger partial charge in [0.2, 0.25) is 12.7 Å². The van der Waals surface area contributed by atoms with Crippen LogP contribution in [0.15, 0.2) is 71.9 Å². The quantitative estimate of drug-likeness (QED) is 0.169. The van der Waals surface area contributed by atoms with Crippen molar-refractivity contribution < 1.29 is 28.5 Å². The largest absolute Gasteiger partial charge is 0.497 e. The Balaban J connectivity index is 1.54. The van der Waals surface area contributed by atoms with E-state index in [4.69, 9.17) is 18.9 Å². The first-order valence-corrected chi connectivity index (χ1v) is 14.9. The number of aromatic nitrogens is 2. The molecule has 5 rings (SSSR count). The number of anilines is 1. The van der Waals surface area contributed by atoms with Crippen molar-refractivity contribution in [2.45, 2.75) is 38.5 Å². The van der Waals surface area contributed by atoms with Gasteiger partial charge in [0.1, 0.15) is 17.5 Å². The molecule has 44 heavy (non-hydrogen) atoms. The number of aryl methyl sites for hydroxylation is 3. The number of fused-ring (bicyclic) bond motifs is 1. The molecule has 2 amide bonds. The van der Waals surface area contributed by atoms with E-state index in [1.807, 2.05) is 51.1 Å². The van der Waals surface area contributed by atoms with Crippen LogP contribution in [0, 0.1) is 20.8 Å². The number of methoxy groups -OCH3 is 2. The minimum Gasteiger partial charge on any atom is -0.497 e. The van der Waals surface area contributed by atoms with E-state index in [-0.39, 0.29) is 25.0 Å². The standard InChI is InChI=1S/C33H34N4O6S/c1-20-6-8-23(9-7-20)17-37(30(38)18-44-33-34-21(2)14-22(3)35-33)31(24-10-13-27-29(15-24)43-19-42-27)32(39)36-26-12-11-25(40-4)16-28(26)41-5/h6-16,31H,17-19H2,1-5H3,(H,36,39). The molecule has 228 valence electrons. The summed E-state index contributed by atoms with van der Waals surface area (Å²) in [7, 11) is 3.07. The SMILES string of the molecule is COc1ccc(NC(=O)C(c2ccc3c(c2)OCO3)N(Cc2ccc(C)cc2)C(=O)CSc2nc(C)cc(C)n2)c(OC)c1. The van der Waals surface area contributed by atoms with E-state index in [0.717, 1.165) is 22.5 Å². The van der Waals surface area contributed by atoms with E-state index < -0.39 is 11.9 Å². The van der Waals surface area contributed by atoms with E-state index >= 15 is 0 Å². The van der Waals surface area contributed by atoms with E-state index in [1.54, 1.807) is 48.4 Å². The number of nitrogens with one attached hydrogen (secondary N) is 1. The van der Waals surface area contributed by atoms with Crippen LogP contribution < -0.4 is 24.3 Å². The maximum Gasteiger partial charge on any atom is 0.251 e. The number of carbonyl (C=O) groups excluding carboxylic acids is 2. The van der Waals surface area contributed by atoms with Crippen LogP contribution in [0.3, 0.4) is 0 Å². The van der Waals surface area contributed by atoms with Crippen LogP contribution in [-0.2, 0) is 16.1 Å². The molecule has 0 bridgehead atoms.